The number of aryl methyl sites for hydroxylation is 1. The molecule has 0 saturated heterocycles. The fraction of sp³-hybridized carbons (Fsp3) is 0.286. The fourth-order valence-electron chi connectivity index (χ4n) is 0.901. The second kappa shape index (κ2) is 2.75. The zero-order valence-corrected chi connectivity index (χ0v) is 7.22. The molecular weight excluding hydrogens is 176 g/mol. The Bertz CT molecular complexity index is 356. The first kappa shape index (κ1) is 7.54. The molecule has 0 saturated carbocycles. The number of rotatable bonds is 1. The van der Waals surface area contributed by atoms with Gasteiger partial charge in [-0.05, 0) is 0 Å². The van der Waals surface area contributed by atoms with E-state index in [0.717, 1.165) is 0 Å². The molecule has 0 aromatic carbocycles. The summed E-state index contributed by atoms with van der Waals surface area (Å²) >= 11 is 1.39. The van der Waals surface area contributed by atoms with Gasteiger partial charge in [-0.1, -0.05) is 11.8 Å². The summed E-state index contributed by atoms with van der Waals surface area (Å²) in [6.07, 6.45) is 1.51. The van der Waals surface area contributed by atoms with E-state index in [1.54, 1.807) is 6.92 Å². The molecule has 0 aliphatic carbocycles. The molecule has 1 amide bonds. The minimum absolute atomic E-state index is 0.101. The van der Waals surface area contributed by atoms with Gasteiger partial charge in [-0.3, -0.25) is 4.79 Å². The van der Waals surface area contributed by atoms with Crippen LogP contribution in [0, 0.1) is 6.92 Å². The predicted octanol–water partition coefficient (Wildman–Crippen LogP) is 1.00. The number of hydrogen-bond acceptors (Lipinski definition) is 4. The van der Waals surface area contributed by atoms with Gasteiger partial charge in [0.25, 0.3) is 5.91 Å². The lowest BCUT2D eigenvalue weighted by atomic mass is 10.5. The number of carbonyl (C=O) groups is 1. The molecule has 0 atom stereocenters. The van der Waals surface area contributed by atoms with Crippen molar-refractivity contribution in [1.29, 1.82) is 0 Å². The van der Waals surface area contributed by atoms with Gasteiger partial charge in [0, 0.05) is 6.92 Å². The lowest BCUT2D eigenvalue weighted by Crippen LogP contribution is -1.91. The Labute approximate surface area is 73.1 Å². The van der Waals surface area contributed by atoms with E-state index < -0.39 is 0 Å². The zero-order valence-electron chi connectivity index (χ0n) is 6.40. The number of oxazole rings is 1. The van der Waals surface area contributed by atoms with Crippen LogP contribution in [0.15, 0.2) is 15.7 Å². The molecule has 1 aliphatic rings. The quantitative estimate of drug-likeness (QED) is 0.650. The average Bonchev–Trinajstić information content (AvgIpc) is 2.58. The van der Waals surface area contributed by atoms with E-state index in [-0.39, 0.29) is 5.91 Å². The lowest BCUT2D eigenvalue weighted by molar-refractivity contribution is -0.115. The SMILES string of the molecule is Cc1nc(C2=NC(=O)CS2)co1. The molecule has 2 rings (SSSR count). The highest BCUT2D eigenvalue weighted by Gasteiger charge is 2.18. The van der Waals surface area contributed by atoms with Gasteiger partial charge in [0.2, 0.25) is 0 Å². The van der Waals surface area contributed by atoms with Gasteiger partial charge in [-0.2, -0.15) is 0 Å². The summed E-state index contributed by atoms with van der Waals surface area (Å²) < 4.78 is 5.00. The van der Waals surface area contributed by atoms with Gasteiger partial charge in [0.1, 0.15) is 17.0 Å². The standard InChI is InChI=1S/C7H6N2O2S/c1-4-8-5(2-11-4)7-9-6(10)3-12-7/h2H,3H2,1H3. The maximum absolute atomic E-state index is 10.8. The fourth-order valence-corrected chi connectivity index (χ4v) is 1.63. The molecule has 4 nitrogen and oxygen atoms in total. The molecule has 0 radical (unpaired) electrons. The zero-order chi connectivity index (χ0) is 8.55. The van der Waals surface area contributed by atoms with Crippen LogP contribution in [-0.2, 0) is 4.79 Å². The summed E-state index contributed by atoms with van der Waals surface area (Å²) in [6.45, 7) is 1.76. The highest BCUT2D eigenvalue weighted by Crippen LogP contribution is 2.19. The molecule has 0 unspecified atom stereocenters. The molecule has 62 valence electrons. The second-order valence-electron chi connectivity index (χ2n) is 2.35. The Morgan fingerprint density at radius 2 is 2.50 bits per heavy atom. The van der Waals surface area contributed by atoms with E-state index in [9.17, 15) is 4.79 Å². The first-order valence-electron chi connectivity index (χ1n) is 3.42. The lowest BCUT2D eigenvalue weighted by Gasteiger charge is -1.86. The number of carbonyl (C=O) groups excluding carboxylic acids is 1. The van der Waals surface area contributed by atoms with Gasteiger partial charge in [-0.25, -0.2) is 9.98 Å². The Balaban J connectivity index is 2.32. The minimum atomic E-state index is -0.101. The summed E-state index contributed by atoms with van der Waals surface area (Å²) in [5.74, 6) is 0.907. The number of nitrogens with zero attached hydrogens (tertiary/aromatic N) is 2. The van der Waals surface area contributed by atoms with Gasteiger partial charge >= 0.3 is 0 Å². The van der Waals surface area contributed by atoms with Crippen LogP contribution < -0.4 is 0 Å². The minimum Gasteiger partial charge on any atom is -0.449 e. The van der Waals surface area contributed by atoms with Crippen LogP contribution in [-0.4, -0.2) is 21.7 Å². The van der Waals surface area contributed by atoms with Gasteiger partial charge in [0.15, 0.2) is 5.89 Å². The number of amides is 1. The molecule has 0 fully saturated rings. The summed E-state index contributed by atoms with van der Waals surface area (Å²) in [6, 6.07) is 0. The summed E-state index contributed by atoms with van der Waals surface area (Å²) in [5, 5.41) is 0.664. The first-order chi connectivity index (χ1) is 5.75. The van der Waals surface area contributed by atoms with Crippen molar-refractivity contribution in [2.75, 3.05) is 5.75 Å². The van der Waals surface area contributed by atoms with Gasteiger partial charge < -0.3 is 4.42 Å². The van der Waals surface area contributed by atoms with Crippen LogP contribution in [0.25, 0.3) is 0 Å². The van der Waals surface area contributed by atoms with Crippen molar-refractivity contribution in [3.63, 3.8) is 0 Å². The second-order valence-corrected chi connectivity index (χ2v) is 3.32. The Morgan fingerprint density at radius 3 is 3.00 bits per heavy atom. The molecule has 0 N–H and O–H groups in total. The number of thioether (sulfide) groups is 1. The van der Waals surface area contributed by atoms with E-state index in [0.29, 0.717) is 22.4 Å². The predicted molar refractivity (Wildman–Crippen MR) is 45.2 cm³/mol. The monoisotopic (exact) mass is 182 g/mol. The largest absolute Gasteiger partial charge is 0.449 e. The molecule has 1 aromatic heterocycles. The van der Waals surface area contributed by atoms with E-state index in [2.05, 4.69) is 9.98 Å². The first-order valence-corrected chi connectivity index (χ1v) is 4.41. The van der Waals surface area contributed by atoms with Crippen molar-refractivity contribution < 1.29 is 9.21 Å². The van der Waals surface area contributed by atoms with Gasteiger partial charge in [-0.15, -0.1) is 0 Å². The van der Waals surface area contributed by atoms with Crippen molar-refractivity contribution in [2.45, 2.75) is 6.92 Å². The van der Waals surface area contributed by atoms with E-state index >= 15 is 0 Å². The number of aromatic nitrogens is 1. The molecule has 12 heavy (non-hydrogen) atoms. The van der Waals surface area contributed by atoms with Crippen LogP contribution in [0.5, 0.6) is 0 Å². The Morgan fingerprint density at radius 1 is 1.67 bits per heavy atom. The molecule has 5 heteroatoms. The summed E-state index contributed by atoms with van der Waals surface area (Å²) in [7, 11) is 0. The van der Waals surface area contributed by atoms with Crippen molar-refractivity contribution in [3.05, 3.63) is 17.8 Å². The maximum atomic E-state index is 10.8. The van der Waals surface area contributed by atoms with Crippen molar-refractivity contribution in [3.8, 4) is 0 Å². The maximum Gasteiger partial charge on any atom is 0.257 e. The highest BCUT2D eigenvalue weighted by molar-refractivity contribution is 8.15. The van der Waals surface area contributed by atoms with Gasteiger partial charge in [0.05, 0.1) is 5.75 Å². The molecule has 0 spiro atoms. The molecule has 2 heterocycles. The smallest absolute Gasteiger partial charge is 0.257 e. The summed E-state index contributed by atoms with van der Waals surface area (Å²) in [5.41, 5.74) is 0.656. The van der Waals surface area contributed by atoms with Crippen LogP contribution in [0.2, 0.25) is 0 Å². The van der Waals surface area contributed by atoms with Crippen LogP contribution in [0.4, 0.5) is 0 Å². The van der Waals surface area contributed by atoms with E-state index in [1.807, 2.05) is 0 Å². The number of aliphatic imine (C=N–C) groups is 1. The molecule has 1 aliphatic heterocycles. The van der Waals surface area contributed by atoms with Crippen LogP contribution in [0.1, 0.15) is 11.6 Å². The molecule has 1 aromatic rings. The van der Waals surface area contributed by atoms with Crippen LogP contribution in [0.3, 0.4) is 0 Å². The average molecular weight is 182 g/mol. The third kappa shape index (κ3) is 1.27. The van der Waals surface area contributed by atoms with Crippen molar-refractivity contribution >= 4 is 22.7 Å². The van der Waals surface area contributed by atoms with Crippen molar-refractivity contribution in [1.82, 2.24) is 4.98 Å². The third-order valence-electron chi connectivity index (χ3n) is 1.40. The van der Waals surface area contributed by atoms with E-state index in [4.69, 9.17) is 4.42 Å². The Hall–Kier alpha value is -1.10. The molecular formula is C7H6N2O2S. The third-order valence-corrected chi connectivity index (χ3v) is 2.36. The Kier molecular flexibility index (Phi) is 1.73. The topological polar surface area (TPSA) is 55.5 Å². The highest BCUT2D eigenvalue weighted by atomic mass is 32.2. The van der Waals surface area contributed by atoms with Crippen LogP contribution >= 0.6 is 11.8 Å². The normalized spacial score (nSPS) is 16.8. The summed E-state index contributed by atoms with van der Waals surface area (Å²) in [4.78, 5) is 18.6. The van der Waals surface area contributed by atoms with E-state index in [1.165, 1.54) is 18.0 Å². The number of hydrogen-bond donors (Lipinski definition) is 0. The van der Waals surface area contributed by atoms with Crippen molar-refractivity contribution in [2.24, 2.45) is 4.99 Å². The molecule has 0 bridgehead atoms.